The Hall–Kier alpha value is -0.370. The zero-order chi connectivity index (χ0) is 10.5. The van der Waals surface area contributed by atoms with E-state index in [1.54, 1.807) is 0 Å². The molecule has 0 radical (unpaired) electrons. The van der Waals surface area contributed by atoms with Gasteiger partial charge in [0.15, 0.2) is 0 Å². The molecule has 2 nitrogen and oxygen atoms in total. The summed E-state index contributed by atoms with van der Waals surface area (Å²) in [6.45, 7) is 4.51. The summed E-state index contributed by atoms with van der Waals surface area (Å²) in [5.74, 6) is 0. The molecule has 0 heterocycles. The predicted molar refractivity (Wildman–Crippen MR) is 61.5 cm³/mol. The van der Waals surface area contributed by atoms with Gasteiger partial charge in [0.1, 0.15) is 6.29 Å². The summed E-state index contributed by atoms with van der Waals surface area (Å²) < 4.78 is 0. The third-order valence-corrected chi connectivity index (χ3v) is 2.38. The first-order chi connectivity index (χ1) is 6.91. The molecule has 14 heavy (non-hydrogen) atoms. The Kier molecular flexibility index (Phi) is 12.3. The van der Waals surface area contributed by atoms with Gasteiger partial charge in [0.2, 0.25) is 0 Å². The van der Waals surface area contributed by atoms with Gasteiger partial charge in [-0.25, -0.2) is 0 Å². The highest BCUT2D eigenvalue weighted by Crippen LogP contribution is 1.98. The van der Waals surface area contributed by atoms with Crippen LogP contribution < -0.4 is 5.32 Å². The van der Waals surface area contributed by atoms with Crippen LogP contribution in [0.1, 0.15) is 58.3 Å². The molecule has 0 aromatic rings. The Morgan fingerprint density at radius 2 is 1.57 bits per heavy atom. The summed E-state index contributed by atoms with van der Waals surface area (Å²) in [5, 5.41) is 3.43. The van der Waals surface area contributed by atoms with E-state index in [-0.39, 0.29) is 0 Å². The average Bonchev–Trinajstić information content (AvgIpc) is 2.21. The van der Waals surface area contributed by atoms with Crippen molar-refractivity contribution in [2.75, 3.05) is 13.1 Å². The van der Waals surface area contributed by atoms with E-state index in [1.807, 2.05) is 0 Å². The maximum atomic E-state index is 10.0. The van der Waals surface area contributed by atoms with Crippen molar-refractivity contribution in [2.45, 2.75) is 58.3 Å². The molecular formula is C12H25NO. The average molecular weight is 199 g/mol. The van der Waals surface area contributed by atoms with Crippen LogP contribution in [0.25, 0.3) is 0 Å². The lowest BCUT2D eigenvalue weighted by atomic mass is 10.2. The van der Waals surface area contributed by atoms with Gasteiger partial charge in [0.25, 0.3) is 0 Å². The van der Waals surface area contributed by atoms with Crippen LogP contribution in [-0.2, 0) is 4.79 Å². The molecule has 0 rings (SSSR count). The maximum Gasteiger partial charge on any atom is 0.119 e. The molecule has 0 aromatic heterocycles. The smallest absolute Gasteiger partial charge is 0.119 e. The Morgan fingerprint density at radius 1 is 0.929 bits per heavy atom. The lowest BCUT2D eigenvalue weighted by molar-refractivity contribution is -0.107. The summed E-state index contributed by atoms with van der Waals surface area (Å²) in [4.78, 5) is 10.0. The number of carbonyl (C=O) groups is 1. The second-order valence-corrected chi connectivity index (χ2v) is 3.83. The Morgan fingerprint density at radius 3 is 2.14 bits per heavy atom. The normalized spacial score (nSPS) is 10.4. The summed E-state index contributed by atoms with van der Waals surface area (Å²) in [6.07, 6.45) is 10.5. The van der Waals surface area contributed by atoms with Gasteiger partial charge in [-0.1, -0.05) is 32.6 Å². The number of aldehydes is 1. The first-order valence-corrected chi connectivity index (χ1v) is 6.06. The molecule has 0 aliphatic carbocycles. The van der Waals surface area contributed by atoms with Crippen molar-refractivity contribution >= 4 is 6.29 Å². The Labute approximate surface area is 88.5 Å². The highest BCUT2D eigenvalue weighted by atomic mass is 16.1. The van der Waals surface area contributed by atoms with E-state index in [1.165, 1.54) is 38.5 Å². The van der Waals surface area contributed by atoms with Crippen molar-refractivity contribution in [3.8, 4) is 0 Å². The highest BCUT2D eigenvalue weighted by Gasteiger charge is 1.90. The van der Waals surface area contributed by atoms with Crippen LogP contribution in [-0.4, -0.2) is 19.4 Å². The highest BCUT2D eigenvalue weighted by molar-refractivity contribution is 5.48. The monoisotopic (exact) mass is 199 g/mol. The quantitative estimate of drug-likeness (QED) is 0.409. The van der Waals surface area contributed by atoms with Crippen molar-refractivity contribution in [1.82, 2.24) is 5.32 Å². The summed E-state index contributed by atoms with van der Waals surface area (Å²) in [6, 6.07) is 0. The van der Waals surface area contributed by atoms with Crippen LogP contribution in [0.15, 0.2) is 0 Å². The third-order valence-electron chi connectivity index (χ3n) is 2.38. The van der Waals surface area contributed by atoms with Crippen molar-refractivity contribution < 1.29 is 4.79 Å². The Balaban J connectivity index is 2.81. The molecule has 0 amide bonds. The minimum Gasteiger partial charge on any atom is -0.317 e. The minimum absolute atomic E-state index is 0.733. The molecule has 0 fully saturated rings. The van der Waals surface area contributed by atoms with E-state index in [2.05, 4.69) is 12.2 Å². The molecule has 0 saturated heterocycles. The van der Waals surface area contributed by atoms with Gasteiger partial charge >= 0.3 is 0 Å². The van der Waals surface area contributed by atoms with Gasteiger partial charge in [-0.2, -0.15) is 0 Å². The van der Waals surface area contributed by atoms with Gasteiger partial charge in [-0.05, 0) is 32.4 Å². The number of carbonyl (C=O) groups excluding carboxylic acids is 1. The third kappa shape index (κ3) is 11.6. The second kappa shape index (κ2) is 12.6. The van der Waals surface area contributed by atoms with Crippen LogP contribution in [0, 0.1) is 0 Å². The molecule has 84 valence electrons. The fourth-order valence-electron chi connectivity index (χ4n) is 1.46. The summed E-state index contributed by atoms with van der Waals surface area (Å²) >= 11 is 0. The molecule has 0 bridgehead atoms. The molecule has 2 heteroatoms. The van der Waals surface area contributed by atoms with Crippen molar-refractivity contribution in [2.24, 2.45) is 0 Å². The SMILES string of the molecule is CCCCCCNCCCCCC=O. The number of rotatable bonds is 11. The molecule has 0 aliphatic rings. The number of unbranched alkanes of at least 4 members (excludes halogenated alkanes) is 6. The zero-order valence-corrected chi connectivity index (χ0v) is 9.56. The fraction of sp³-hybridized carbons (Fsp3) is 0.917. The molecule has 0 unspecified atom stereocenters. The minimum atomic E-state index is 0.733. The van der Waals surface area contributed by atoms with E-state index in [0.717, 1.165) is 32.2 Å². The van der Waals surface area contributed by atoms with Crippen molar-refractivity contribution in [1.29, 1.82) is 0 Å². The van der Waals surface area contributed by atoms with Crippen molar-refractivity contribution in [3.05, 3.63) is 0 Å². The lowest BCUT2D eigenvalue weighted by Crippen LogP contribution is -2.16. The van der Waals surface area contributed by atoms with Crippen LogP contribution in [0.3, 0.4) is 0 Å². The second-order valence-electron chi connectivity index (χ2n) is 3.83. The first kappa shape index (κ1) is 13.6. The molecule has 0 spiro atoms. The van der Waals surface area contributed by atoms with Crippen LogP contribution in [0.2, 0.25) is 0 Å². The van der Waals surface area contributed by atoms with E-state index < -0.39 is 0 Å². The van der Waals surface area contributed by atoms with Crippen LogP contribution in [0.4, 0.5) is 0 Å². The number of nitrogens with one attached hydrogen (secondary N) is 1. The van der Waals surface area contributed by atoms with E-state index >= 15 is 0 Å². The van der Waals surface area contributed by atoms with Crippen LogP contribution >= 0.6 is 0 Å². The van der Waals surface area contributed by atoms with Crippen molar-refractivity contribution in [3.63, 3.8) is 0 Å². The topological polar surface area (TPSA) is 29.1 Å². The largest absolute Gasteiger partial charge is 0.317 e. The van der Waals surface area contributed by atoms with Gasteiger partial charge in [0, 0.05) is 6.42 Å². The molecular weight excluding hydrogens is 174 g/mol. The fourth-order valence-corrected chi connectivity index (χ4v) is 1.46. The van der Waals surface area contributed by atoms with Gasteiger partial charge in [-0.3, -0.25) is 0 Å². The van der Waals surface area contributed by atoms with E-state index in [4.69, 9.17) is 0 Å². The molecule has 0 aliphatic heterocycles. The van der Waals surface area contributed by atoms with Gasteiger partial charge in [-0.15, -0.1) is 0 Å². The molecule has 0 atom stereocenters. The standard InChI is InChI=1S/C12H25NO/c1-2-3-4-7-10-13-11-8-5-6-9-12-14/h12-13H,2-11H2,1H3. The first-order valence-electron chi connectivity index (χ1n) is 6.06. The predicted octanol–water partition coefficient (Wildman–Crippen LogP) is 2.92. The van der Waals surface area contributed by atoms with Gasteiger partial charge < -0.3 is 10.1 Å². The van der Waals surface area contributed by atoms with Crippen LogP contribution in [0.5, 0.6) is 0 Å². The molecule has 0 aromatic carbocycles. The van der Waals surface area contributed by atoms with E-state index in [0.29, 0.717) is 0 Å². The maximum absolute atomic E-state index is 10.0. The number of hydrogen-bond acceptors (Lipinski definition) is 2. The Bertz CT molecular complexity index is 115. The lowest BCUT2D eigenvalue weighted by Gasteiger charge is -2.03. The van der Waals surface area contributed by atoms with E-state index in [9.17, 15) is 4.79 Å². The van der Waals surface area contributed by atoms with Gasteiger partial charge in [0.05, 0.1) is 0 Å². The summed E-state index contributed by atoms with van der Waals surface area (Å²) in [5.41, 5.74) is 0. The molecule has 0 saturated carbocycles. The zero-order valence-electron chi connectivity index (χ0n) is 9.56. The molecule has 1 N–H and O–H groups in total. The number of hydrogen-bond donors (Lipinski definition) is 1. The summed E-state index contributed by atoms with van der Waals surface area (Å²) in [7, 11) is 0.